The van der Waals surface area contributed by atoms with Crippen molar-refractivity contribution in [3.63, 3.8) is 0 Å². The summed E-state index contributed by atoms with van der Waals surface area (Å²) in [5, 5.41) is 11.2. The number of piperidine rings is 1. The summed E-state index contributed by atoms with van der Waals surface area (Å²) in [6.07, 6.45) is 2.25. The summed E-state index contributed by atoms with van der Waals surface area (Å²) >= 11 is 0. The topological polar surface area (TPSA) is 90.7 Å². The summed E-state index contributed by atoms with van der Waals surface area (Å²) in [5.41, 5.74) is 4.84. The van der Waals surface area contributed by atoms with Crippen LogP contribution in [-0.2, 0) is 0 Å². The van der Waals surface area contributed by atoms with Crippen LogP contribution in [0.3, 0.4) is 0 Å². The number of carbonyl (C=O) groups is 2. The molecule has 5 rings (SSSR count). The predicted molar refractivity (Wildman–Crippen MR) is 124 cm³/mol. The van der Waals surface area contributed by atoms with Crippen molar-refractivity contribution in [2.24, 2.45) is 0 Å². The van der Waals surface area contributed by atoms with Crippen molar-refractivity contribution >= 4 is 11.8 Å². The van der Waals surface area contributed by atoms with Crippen molar-refractivity contribution < 1.29 is 19.1 Å². The van der Waals surface area contributed by atoms with E-state index in [4.69, 9.17) is 0 Å². The van der Waals surface area contributed by atoms with Gasteiger partial charge < -0.3 is 20.3 Å². The molecule has 1 fully saturated rings. The van der Waals surface area contributed by atoms with Crippen molar-refractivity contribution in [1.82, 2.24) is 19.5 Å². The number of likely N-dealkylation sites (tertiary alicyclic amines) is 1. The van der Waals surface area contributed by atoms with E-state index >= 15 is 0 Å². The maximum atomic E-state index is 13.3. The zero-order valence-corrected chi connectivity index (χ0v) is 18.9. The Morgan fingerprint density at radius 3 is 2.47 bits per heavy atom. The molecule has 2 N–H and O–H groups in total. The molecule has 8 nitrogen and oxygen atoms in total. The number of carbonyl (C=O) groups excluding carboxylic acids is 2. The molecule has 0 aliphatic carbocycles. The van der Waals surface area contributed by atoms with Gasteiger partial charge in [0, 0.05) is 24.2 Å². The summed E-state index contributed by atoms with van der Waals surface area (Å²) < 4.78 is 14.9. The minimum absolute atomic E-state index is 0.0463. The second kappa shape index (κ2) is 8.57. The molecule has 3 aromatic rings. The SMILES string of the molecule is Cc1ccc(C(=O)N2CCC(O)(CN3CNn4c(cnc4-c4ccc(F)cc4)C3=O)CC2)cc1. The minimum atomic E-state index is -1.08. The Hall–Kier alpha value is -3.72. The highest BCUT2D eigenvalue weighted by atomic mass is 19.1. The highest BCUT2D eigenvalue weighted by molar-refractivity contribution is 5.95. The number of β-amino-alcohol motifs (C(OH)–C–C–N with tert-alkyl or cyclic N) is 1. The minimum Gasteiger partial charge on any atom is -0.388 e. The van der Waals surface area contributed by atoms with Gasteiger partial charge in [0.2, 0.25) is 0 Å². The third kappa shape index (κ3) is 4.14. The predicted octanol–water partition coefficient (Wildman–Crippen LogP) is 2.62. The van der Waals surface area contributed by atoms with Crippen molar-refractivity contribution in [3.05, 3.63) is 77.4 Å². The Balaban J connectivity index is 1.24. The lowest BCUT2D eigenvalue weighted by Gasteiger charge is -2.42. The Bertz CT molecular complexity index is 1210. The molecular weight excluding hydrogens is 437 g/mol. The monoisotopic (exact) mass is 463 g/mol. The number of hydrogen-bond acceptors (Lipinski definition) is 5. The lowest BCUT2D eigenvalue weighted by molar-refractivity contribution is -0.0369. The van der Waals surface area contributed by atoms with Crippen LogP contribution in [0.5, 0.6) is 0 Å². The first-order valence-electron chi connectivity index (χ1n) is 11.3. The van der Waals surface area contributed by atoms with Gasteiger partial charge >= 0.3 is 0 Å². The van der Waals surface area contributed by atoms with Crippen LogP contribution in [0.25, 0.3) is 11.4 Å². The number of nitrogens with one attached hydrogen (secondary N) is 1. The average Bonchev–Trinajstić information content (AvgIpc) is 3.27. The van der Waals surface area contributed by atoms with E-state index in [2.05, 4.69) is 10.4 Å². The molecule has 2 aliphatic heterocycles. The van der Waals surface area contributed by atoms with Gasteiger partial charge in [-0.2, -0.15) is 0 Å². The lowest BCUT2D eigenvalue weighted by Crippen LogP contribution is -2.56. The van der Waals surface area contributed by atoms with Gasteiger partial charge in [0.15, 0.2) is 5.82 Å². The first-order chi connectivity index (χ1) is 16.3. The van der Waals surface area contributed by atoms with E-state index in [-0.39, 0.29) is 30.8 Å². The van der Waals surface area contributed by atoms with Crippen molar-refractivity contribution in [1.29, 1.82) is 0 Å². The van der Waals surface area contributed by atoms with E-state index in [1.165, 1.54) is 18.3 Å². The van der Waals surface area contributed by atoms with Crippen LogP contribution in [0, 0.1) is 12.7 Å². The van der Waals surface area contributed by atoms with Crippen molar-refractivity contribution in [2.45, 2.75) is 25.4 Å². The normalized spacial score (nSPS) is 17.3. The highest BCUT2D eigenvalue weighted by Crippen LogP contribution is 2.27. The van der Waals surface area contributed by atoms with Gasteiger partial charge in [-0.05, 0) is 56.2 Å². The molecule has 2 aliphatic rings. The molecule has 0 atom stereocenters. The van der Waals surface area contributed by atoms with Gasteiger partial charge in [-0.3, -0.25) is 9.59 Å². The zero-order chi connectivity index (χ0) is 23.9. The number of amides is 2. The fraction of sp³-hybridized carbons (Fsp3) is 0.320. The maximum Gasteiger partial charge on any atom is 0.275 e. The molecule has 2 amide bonds. The molecule has 1 saturated heterocycles. The molecule has 3 heterocycles. The fourth-order valence-corrected chi connectivity index (χ4v) is 4.50. The second-order valence-electron chi connectivity index (χ2n) is 9.01. The van der Waals surface area contributed by atoms with Crippen LogP contribution >= 0.6 is 0 Å². The van der Waals surface area contributed by atoms with Gasteiger partial charge in [0.05, 0.1) is 18.3 Å². The number of benzene rings is 2. The van der Waals surface area contributed by atoms with Crippen molar-refractivity contribution in [3.8, 4) is 11.4 Å². The number of fused-ring (bicyclic) bond motifs is 1. The first-order valence-corrected chi connectivity index (χ1v) is 11.3. The van der Waals surface area contributed by atoms with E-state index in [9.17, 15) is 19.1 Å². The number of rotatable bonds is 4. The van der Waals surface area contributed by atoms with Crippen LogP contribution in [0.15, 0.2) is 54.7 Å². The zero-order valence-electron chi connectivity index (χ0n) is 18.9. The molecule has 9 heteroatoms. The van der Waals surface area contributed by atoms with Gasteiger partial charge in [-0.1, -0.05) is 17.7 Å². The number of halogens is 1. The van der Waals surface area contributed by atoms with E-state index in [0.29, 0.717) is 48.6 Å². The average molecular weight is 464 g/mol. The summed E-state index contributed by atoms with van der Waals surface area (Å²) in [6.45, 7) is 3.17. The van der Waals surface area contributed by atoms with Gasteiger partial charge in [-0.15, -0.1) is 0 Å². The molecule has 34 heavy (non-hydrogen) atoms. The third-order valence-corrected chi connectivity index (χ3v) is 6.56. The quantitative estimate of drug-likeness (QED) is 0.621. The van der Waals surface area contributed by atoms with Crippen LogP contribution < -0.4 is 5.43 Å². The molecule has 0 saturated carbocycles. The largest absolute Gasteiger partial charge is 0.388 e. The smallest absolute Gasteiger partial charge is 0.275 e. The van der Waals surface area contributed by atoms with Gasteiger partial charge in [0.25, 0.3) is 11.8 Å². The highest BCUT2D eigenvalue weighted by Gasteiger charge is 2.39. The van der Waals surface area contributed by atoms with E-state index in [1.807, 2.05) is 31.2 Å². The van der Waals surface area contributed by atoms with Gasteiger partial charge in [-0.25, -0.2) is 14.1 Å². The molecule has 2 aromatic carbocycles. The first kappa shape index (κ1) is 22.1. The molecule has 0 bridgehead atoms. The number of hydrogen-bond donors (Lipinski definition) is 2. The Morgan fingerprint density at radius 2 is 1.79 bits per heavy atom. The van der Waals surface area contributed by atoms with Crippen LogP contribution in [0.1, 0.15) is 39.3 Å². The fourth-order valence-electron chi connectivity index (χ4n) is 4.50. The van der Waals surface area contributed by atoms with Gasteiger partial charge in [0.1, 0.15) is 18.2 Å². The Morgan fingerprint density at radius 1 is 1.12 bits per heavy atom. The Labute approximate surface area is 196 Å². The van der Waals surface area contributed by atoms with E-state index in [1.54, 1.807) is 26.6 Å². The van der Waals surface area contributed by atoms with Crippen LogP contribution in [0.4, 0.5) is 4.39 Å². The number of nitrogens with zero attached hydrogens (tertiary/aromatic N) is 4. The van der Waals surface area contributed by atoms with Crippen LogP contribution in [-0.4, -0.2) is 68.3 Å². The second-order valence-corrected chi connectivity index (χ2v) is 9.01. The lowest BCUT2D eigenvalue weighted by atomic mass is 9.90. The Kier molecular flexibility index (Phi) is 5.57. The van der Waals surface area contributed by atoms with E-state index < -0.39 is 5.60 Å². The number of aryl methyl sites for hydroxylation is 1. The summed E-state index contributed by atoms with van der Waals surface area (Å²) in [7, 11) is 0. The number of aromatic nitrogens is 2. The molecule has 176 valence electrons. The standard InChI is InChI=1S/C25H26FN5O3/c1-17-2-4-19(5-3-17)23(32)29-12-10-25(34,11-13-29)15-30-16-28-31-21(24(30)33)14-27-22(31)18-6-8-20(26)9-7-18/h2-9,14,28,34H,10-13,15-16H2,1H3. The molecular formula is C25H26FN5O3. The number of imidazole rings is 1. The molecule has 0 unspecified atom stereocenters. The maximum absolute atomic E-state index is 13.3. The summed E-state index contributed by atoms with van der Waals surface area (Å²) in [6, 6.07) is 13.4. The van der Waals surface area contributed by atoms with Crippen molar-refractivity contribution in [2.75, 3.05) is 31.7 Å². The third-order valence-electron chi connectivity index (χ3n) is 6.56. The summed E-state index contributed by atoms with van der Waals surface area (Å²) in [5.74, 6) is -0.116. The van der Waals surface area contributed by atoms with E-state index in [0.717, 1.165) is 5.56 Å². The molecule has 0 spiro atoms. The number of aliphatic hydroxyl groups is 1. The molecule has 1 aromatic heterocycles. The summed E-state index contributed by atoms with van der Waals surface area (Å²) in [4.78, 5) is 33.5. The molecule has 0 radical (unpaired) electrons. The van der Waals surface area contributed by atoms with Crippen LogP contribution in [0.2, 0.25) is 0 Å².